The van der Waals surface area contributed by atoms with Crippen LogP contribution in [-0.4, -0.2) is 0 Å². The van der Waals surface area contributed by atoms with E-state index in [9.17, 15) is 0 Å². The van der Waals surface area contributed by atoms with E-state index in [4.69, 9.17) is 4.42 Å². The van der Waals surface area contributed by atoms with Crippen LogP contribution in [0.15, 0.2) is 290 Å². The van der Waals surface area contributed by atoms with Crippen molar-refractivity contribution in [2.24, 2.45) is 0 Å². The molecule has 330 valence electrons. The molecule has 0 fully saturated rings. The Kier molecular flexibility index (Phi) is 11.3. The fraction of sp³-hybridized carbons (Fsp3) is 0. The molecule has 2 nitrogen and oxygen atoms in total. The van der Waals surface area contributed by atoms with Gasteiger partial charge in [-0.15, -0.1) is 0 Å². The van der Waals surface area contributed by atoms with Crippen LogP contribution in [0.3, 0.4) is 0 Å². The Morgan fingerprint density at radius 2 is 0.600 bits per heavy atom. The van der Waals surface area contributed by atoms with Gasteiger partial charge in [0, 0.05) is 33.5 Å². The lowest BCUT2D eigenvalue weighted by Crippen LogP contribution is -2.11. The number of hydrogen-bond donors (Lipinski definition) is 0. The molecule has 70 heavy (non-hydrogen) atoms. The fourth-order valence-corrected chi connectivity index (χ4v) is 9.74. The van der Waals surface area contributed by atoms with Crippen molar-refractivity contribution >= 4 is 28.0 Å². The molecular weight excluding hydrogens is 847 g/mol. The normalized spacial score (nSPS) is 11.1. The number of rotatable bonds is 11. The van der Waals surface area contributed by atoms with Crippen molar-refractivity contribution < 1.29 is 4.42 Å². The molecule has 0 aliphatic heterocycles. The van der Waals surface area contributed by atoms with Crippen molar-refractivity contribution in [2.75, 3.05) is 4.90 Å². The van der Waals surface area contributed by atoms with Gasteiger partial charge in [-0.2, -0.15) is 0 Å². The maximum absolute atomic E-state index is 6.58. The van der Waals surface area contributed by atoms with Crippen LogP contribution in [0.2, 0.25) is 0 Å². The topological polar surface area (TPSA) is 16.4 Å². The Balaban J connectivity index is 0.862. The molecule has 2 heteroatoms. The van der Waals surface area contributed by atoms with Gasteiger partial charge in [-0.05, 0) is 109 Å². The molecule has 0 atom stereocenters. The predicted molar refractivity (Wildman–Crippen MR) is 294 cm³/mol. The number of para-hydroxylation sites is 2. The van der Waals surface area contributed by atoms with Crippen LogP contribution >= 0.6 is 0 Å². The number of nitrogens with zero attached hydrogens (tertiary/aromatic N) is 1. The monoisotopic (exact) mass is 893 g/mol. The molecule has 12 aromatic rings. The summed E-state index contributed by atoms with van der Waals surface area (Å²) >= 11 is 0. The second-order valence-electron chi connectivity index (χ2n) is 17.7. The van der Waals surface area contributed by atoms with Crippen LogP contribution in [-0.2, 0) is 0 Å². The molecule has 0 radical (unpaired) electrons. The lowest BCUT2D eigenvalue weighted by molar-refractivity contribution is 0.632. The van der Waals surface area contributed by atoms with Gasteiger partial charge in [0.25, 0.3) is 0 Å². The highest BCUT2D eigenvalue weighted by Gasteiger charge is 2.20. The van der Waals surface area contributed by atoms with E-state index < -0.39 is 0 Å². The largest absolute Gasteiger partial charge is 0.455 e. The molecule has 0 saturated heterocycles. The lowest BCUT2D eigenvalue weighted by atomic mass is 9.95. The number of anilines is 3. The molecule has 0 aliphatic rings. The summed E-state index contributed by atoms with van der Waals surface area (Å²) < 4.78 is 6.58. The molecule has 1 heterocycles. The third-order valence-electron chi connectivity index (χ3n) is 13.4. The van der Waals surface area contributed by atoms with E-state index in [2.05, 4.69) is 278 Å². The van der Waals surface area contributed by atoms with Crippen molar-refractivity contribution in [2.45, 2.75) is 0 Å². The van der Waals surface area contributed by atoms with Crippen molar-refractivity contribution in [1.82, 2.24) is 0 Å². The Hall–Kier alpha value is -9.24. The maximum atomic E-state index is 6.58. The second kappa shape index (κ2) is 18.8. The van der Waals surface area contributed by atoms with Gasteiger partial charge in [-0.1, -0.05) is 243 Å². The minimum Gasteiger partial charge on any atom is -0.455 e. The van der Waals surface area contributed by atoms with E-state index in [1.807, 2.05) is 12.1 Å². The zero-order chi connectivity index (χ0) is 46.6. The highest BCUT2D eigenvalue weighted by atomic mass is 16.3. The third-order valence-corrected chi connectivity index (χ3v) is 13.4. The quantitative estimate of drug-likeness (QED) is 0.129. The SMILES string of the molecule is c1ccc(-c2ccc(-c3ccc(N(c4ccc(-c5ccc(-c6cccc(-c7oc8ccccc8c7-c7ccccc7)c6)cc5)cc4)c4ccccc4-c4ccc(-c5ccccc5)cc4)cc3)cc2)cc1. The molecule has 0 spiro atoms. The molecule has 0 unspecified atom stereocenters. The first-order valence-electron chi connectivity index (χ1n) is 23.9. The molecule has 11 aromatic carbocycles. The van der Waals surface area contributed by atoms with Gasteiger partial charge in [0.05, 0.1) is 5.69 Å². The molecule has 0 N–H and O–H groups in total. The highest BCUT2D eigenvalue weighted by molar-refractivity contribution is 6.02. The third kappa shape index (κ3) is 8.40. The maximum Gasteiger partial charge on any atom is 0.143 e. The minimum atomic E-state index is 0.883. The van der Waals surface area contributed by atoms with E-state index in [0.29, 0.717) is 0 Å². The summed E-state index contributed by atoms with van der Waals surface area (Å²) in [5.74, 6) is 0.883. The molecular formula is C68H47NO. The fourth-order valence-electron chi connectivity index (χ4n) is 9.74. The molecule has 0 saturated carbocycles. The van der Waals surface area contributed by atoms with E-state index in [1.165, 1.54) is 33.4 Å². The van der Waals surface area contributed by atoms with E-state index in [-0.39, 0.29) is 0 Å². The summed E-state index contributed by atoms with van der Waals surface area (Å²) in [6, 6.07) is 102. The first-order chi connectivity index (χ1) is 34.7. The average molecular weight is 894 g/mol. The zero-order valence-corrected chi connectivity index (χ0v) is 38.5. The number of hydrogen-bond acceptors (Lipinski definition) is 2. The van der Waals surface area contributed by atoms with Crippen LogP contribution in [0.4, 0.5) is 17.1 Å². The van der Waals surface area contributed by atoms with E-state index in [1.54, 1.807) is 0 Å². The summed E-state index contributed by atoms with van der Waals surface area (Å²) in [4.78, 5) is 2.38. The lowest BCUT2D eigenvalue weighted by Gasteiger charge is -2.28. The summed E-state index contributed by atoms with van der Waals surface area (Å²) in [5.41, 5.74) is 21.6. The van der Waals surface area contributed by atoms with Crippen molar-refractivity contribution in [1.29, 1.82) is 0 Å². The molecule has 0 amide bonds. The van der Waals surface area contributed by atoms with Gasteiger partial charge >= 0.3 is 0 Å². The Morgan fingerprint density at radius 1 is 0.243 bits per heavy atom. The number of fused-ring (bicyclic) bond motifs is 1. The van der Waals surface area contributed by atoms with Crippen molar-refractivity contribution in [3.8, 4) is 89.2 Å². The van der Waals surface area contributed by atoms with Crippen LogP contribution in [0.5, 0.6) is 0 Å². The van der Waals surface area contributed by atoms with Gasteiger partial charge < -0.3 is 9.32 Å². The average Bonchev–Trinajstić information content (AvgIpc) is 3.85. The van der Waals surface area contributed by atoms with E-state index >= 15 is 0 Å². The minimum absolute atomic E-state index is 0.883. The summed E-state index contributed by atoms with van der Waals surface area (Å²) in [7, 11) is 0. The van der Waals surface area contributed by atoms with Crippen LogP contribution < -0.4 is 4.90 Å². The first kappa shape index (κ1) is 42.1. The van der Waals surface area contributed by atoms with Gasteiger partial charge in [0.2, 0.25) is 0 Å². The zero-order valence-electron chi connectivity index (χ0n) is 38.5. The summed E-state index contributed by atoms with van der Waals surface area (Å²) in [6.07, 6.45) is 0. The van der Waals surface area contributed by atoms with Crippen molar-refractivity contribution in [3.05, 3.63) is 285 Å². The number of furan rings is 1. The second-order valence-corrected chi connectivity index (χ2v) is 17.7. The van der Waals surface area contributed by atoms with Crippen LogP contribution in [0.25, 0.3) is 100 Å². The molecule has 0 bridgehead atoms. The summed E-state index contributed by atoms with van der Waals surface area (Å²) in [5, 5.41) is 1.12. The van der Waals surface area contributed by atoms with Gasteiger partial charge in [-0.25, -0.2) is 0 Å². The van der Waals surface area contributed by atoms with Gasteiger partial charge in [0.15, 0.2) is 0 Å². The van der Waals surface area contributed by atoms with Crippen LogP contribution in [0.1, 0.15) is 0 Å². The first-order valence-corrected chi connectivity index (χ1v) is 23.9. The molecule has 12 rings (SSSR count). The Morgan fingerprint density at radius 3 is 1.11 bits per heavy atom. The van der Waals surface area contributed by atoms with E-state index in [0.717, 1.165) is 83.9 Å². The Bertz CT molecular complexity index is 3690. The predicted octanol–water partition coefficient (Wildman–Crippen LogP) is 19.2. The summed E-state index contributed by atoms with van der Waals surface area (Å²) in [6.45, 7) is 0. The van der Waals surface area contributed by atoms with Gasteiger partial charge in [0.1, 0.15) is 11.3 Å². The molecule has 1 aromatic heterocycles. The van der Waals surface area contributed by atoms with Crippen molar-refractivity contribution in [3.63, 3.8) is 0 Å². The van der Waals surface area contributed by atoms with Gasteiger partial charge in [-0.3, -0.25) is 0 Å². The number of benzene rings is 11. The Labute approximate surface area is 409 Å². The highest BCUT2D eigenvalue weighted by Crippen LogP contribution is 2.44. The van der Waals surface area contributed by atoms with Crippen LogP contribution in [0, 0.1) is 0 Å². The smallest absolute Gasteiger partial charge is 0.143 e. The molecule has 0 aliphatic carbocycles. The standard InChI is InChI=1S/C68H47NO/c1-4-15-48(16-5-1)50-27-29-52(30-28-50)54-39-43-61(44-40-54)69(65-25-12-10-23-63(65)57-37-35-51(36-38-57)49-17-6-2-7-18-49)62-45-41-55(42-46-62)53-31-33-56(34-32-53)59-21-14-22-60(47-59)68-67(58-19-8-3-9-20-58)64-24-11-13-26-66(64)70-68/h1-47H.